The number of hydrogen-bond acceptors (Lipinski definition) is 7. The number of carbonyl (C=O) groups is 1. The lowest BCUT2D eigenvalue weighted by molar-refractivity contribution is -0.131. The van der Waals surface area contributed by atoms with Crippen molar-refractivity contribution in [2.24, 2.45) is 4.99 Å². The van der Waals surface area contributed by atoms with Crippen molar-refractivity contribution in [1.29, 1.82) is 0 Å². The van der Waals surface area contributed by atoms with E-state index in [2.05, 4.69) is 36.9 Å². The van der Waals surface area contributed by atoms with E-state index in [0.29, 0.717) is 32.1 Å². The van der Waals surface area contributed by atoms with Gasteiger partial charge in [-0.15, -0.1) is 0 Å². The van der Waals surface area contributed by atoms with E-state index in [1.165, 1.54) is 0 Å². The van der Waals surface area contributed by atoms with Gasteiger partial charge in [-0.3, -0.25) is 14.7 Å². The largest absolute Gasteiger partial charge is 0.379 e. The molecule has 10 nitrogen and oxygen atoms in total. The third-order valence-electron chi connectivity index (χ3n) is 6.41. The molecule has 1 amide bonds. The fraction of sp³-hybridized carbons (Fsp3) is 0.727. The number of ether oxygens (including phenoxy) is 1. The summed E-state index contributed by atoms with van der Waals surface area (Å²) in [6, 6.07) is 2.38. The van der Waals surface area contributed by atoms with Crippen LogP contribution in [0.3, 0.4) is 0 Å². The number of morpholine rings is 1. The van der Waals surface area contributed by atoms with Gasteiger partial charge in [-0.1, -0.05) is 0 Å². The Morgan fingerprint density at radius 1 is 1.09 bits per heavy atom. The molecule has 0 aromatic carbocycles. The molecule has 1 N–H and O–H groups in total. The van der Waals surface area contributed by atoms with Crippen LogP contribution in [0.2, 0.25) is 0 Å². The van der Waals surface area contributed by atoms with Crippen LogP contribution in [0.5, 0.6) is 0 Å². The summed E-state index contributed by atoms with van der Waals surface area (Å²) < 4.78 is 5.49. The van der Waals surface area contributed by atoms with E-state index in [-0.39, 0.29) is 5.91 Å². The van der Waals surface area contributed by atoms with Crippen LogP contribution in [0.15, 0.2) is 23.5 Å². The second kappa shape index (κ2) is 11.4. The van der Waals surface area contributed by atoms with Crippen LogP contribution in [-0.2, 0) is 9.53 Å². The number of aromatic nitrogens is 2. The first-order chi connectivity index (χ1) is 15.7. The maximum absolute atomic E-state index is 12.7. The van der Waals surface area contributed by atoms with Crippen molar-refractivity contribution in [3.05, 3.63) is 18.5 Å². The molecule has 3 aliphatic heterocycles. The minimum absolute atomic E-state index is 0.172. The molecule has 0 saturated carbocycles. The molecule has 1 aromatic heterocycles. The Morgan fingerprint density at radius 2 is 1.84 bits per heavy atom. The van der Waals surface area contributed by atoms with Gasteiger partial charge >= 0.3 is 0 Å². The van der Waals surface area contributed by atoms with Crippen molar-refractivity contribution in [3.63, 3.8) is 0 Å². The number of anilines is 1. The number of aliphatic imine (C=N–C) groups is 1. The first-order valence-corrected chi connectivity index (χ1v) is 11.9. The zero-order valence-corrected chi connectivity index (χ0v) is 19.2. The van der Waals surface area contributed by atoms with Crippen LogP contribution in [0, 0.1) is 0 Å². The molecule has 32 heavy (non-hydrogen) atoms. The van der Waals surface area contributed by atoms with Crippen LogP contribution in [0.25, 0.3) is 0 Å². The zero-order chi connectivity index (χ0) is 22.2. The Labute approximate surface area is 190 Å². The van der Waals surface area contributed by atoms with Crippen molar-refractivity contribution < 1.29 is 9.53 Å². The number of hydrogen-bond donors (Lipinski definition) is 1. The van der Waals surface area contributed by atoms with Gasteiger partial charge in [0.05, 0.1) is 19.8 Å². The van der Waals surface area contributed by atoms with E-state index < -0.39 is 0 Å². The molecule has 0 radical (unpaired) electrons. The van der Waals surface area contributed by atoms with E-state index in [4.69, 9.17) is 9.73 Å². The summed E-state index contributed by atoms with van der Waals surface area (Å²) in [7, 11) is 0. The molecular weight excluding hydrogens is 408 g/mol. The molecule has 3 aliphatic rings. The number of guanidine groups is 1. The van der Waals surface area contributed by atoms with Gasteiger partial charge in [0.2, 0.25) is 11.9 Å². The van der Waals surface area contributed by atoms with Crippen LogP contribution < -0.4 is 10.2 Å². The van der Waals surface area contributed by atoms with Gasteiger partial charge in [-0.05, 0) is 19.4 Å². The van der Waals surface area contributed by atoms with Gasteiger partial charge in [-0.25, -0.2) is 9.97 Å². The highest BCUT2D eigenvalue weighted by Crippen LogP contribution is 2.17. The lowest BCUT2D eigenvalue weighted by atomic mass is 10.2. The molecule has 3 fully saturated rings. The summed E-state index contributed by atoms with van der Waals surface area (Å²) >= 11 is 0. The third-order valence-corrected chi connectivity index (χ3v) is 6.41. The SMILES string of the molecule is CCNC(=NCCC(=O)N1CCN(c2ncccn2)CC1)N1CCC(N2CCOCC2)C1. The van der Waals surface area contributed by atoms with Crippen LogP contribution in [-0.4, -0.2) is 121 Å². The Balaban J connectivity index is 1.23. The summed E-state index contributed by atoms with van der Waals surface area (Å²) in [5, 5.41) is 3.41. The Kier molecular flexibility index (Phi) is 8.11. The quantitative estimate of drug-likeness (QED) is 0.480. The molecule has 0 aliphatic carbocycles. The van der Waals surface area contributed by atoms with Crippen molar-refractivity contribution >= 4 is 17.8 Å². The molecule has 1 atom stereocenters. The molecule has 1 aromatic rings. The average Bonchev–Trinajstić information content (AvgIpc) is 3.35. The van der Waals surface area contributed by atoms with E-state index in [0.717, 1.165) is 77.4 Å². The maximum Gasteiger partial charge on any atom is 0.225 e. The Hall–Kier alpha value is -2.46. The minimum atomic E-state index is 0.172. The molecule has 0 bridgehead atoms. The molecule has 4 heterocycles. The molecule has 3 saturated heterocycles. The van der Waals surface area contributed by atoms with Crippen LogP contribution >= 0.6 is 0 Å². The van der Waals surface area contributed by atoms with Gasteiger partial charge in [0, 0.05) is 83.8 Å². The maximum atomic E-state index is 12.7. The van der Waals surface area contributed by atoms with Gasteiger partial charge in [-0.2, -0.15) is 0 Å². The summed E-state index contributed by atoms with van der Waals surface area (Å²) in [6.07, 6.45) is 5.10. The van der Waals surface area contributed by atoms with E-state index in [9.17, 15) is 4.79 Å². The Morgan fingerprint density at radius 3 is 2.56 bits per heavy atom. The van der Waals surface area contributed by atoms with Gasteiger partial charge in [0.15, 0.2) is 5.96 Å². The third kappa shape index (κ3) is 5.86. The van der Waals surface area contributed by atoms with Crippen molar-refractivity contribution in [3.8, 4) is 0 Å². The number of piperazine rings is 1. The summed E-state index contributed by atoms with van der Waals surface area (Å²) in [4.78, 5) is 35.0. The normalized spacial score (nSPS) is 23.0. The standard InChI is InChI=1S/C22H36N8O2/c1-2-23-21(30-9-5-19(18-30)27-14-16-32-17-15-27)26-8-4-20(31)28-10-12-29(13-11-28)22-24-6-3-7-25-22/h3,6-7,19H,2,4-5,8-18H2,1H3,(H,23,26). The molecule has 0 spiro atoms. The minimum Gasteiger partial charge on any atom is -0.379 e. The zero-order valence-electron chi connectivity index (χ0n) is 19.2. The van der Waals surface area contributed by atoms with Crippen LogP contribution in [0.4, 0.5) is 5.95 Å². The fourth-order valence-electron chi connectivity index (χ4n) is 4.63. The van der Waals surface area contributed by atoms with Gasteiger partial charge < -0.3 is 24.8 Å². The lowest BCUT2D eigenvalue weighted by Gasteiger charge is -2.34. The summed E-state index contributed by atoms with van der Waals surface area (Å²) in [6.45, 7) is 12.1. The smallest absolute Gasteiger partial charge is 0.225 e. The van der Waals surface area contributed by atoms with Crippen molar-refractivity contribution in [2.75, 3.05) is 83.6 Å². The number of rotatable bonds is 6. The van der Waals surface area contributed by atoms with Gasteiger partial charge in [0.1, 0.15) is 0 Å². The number of nitrogens with zero attached hydrogens (tertiary/aromatic N) is 7. The highest BCUT2D eigenvalue weighted by Gasteiger charge is 2.30. The second-order valence-corrected chi connectivity index (χ2v) is 8.44. The van der Waals surface area contributed by atoms with E-state index in [1.807, 2.05) is 11.0 Å². The first-order valence-electron chi connectivity index (χ1n) is 11.9. The van der Waals surface area contributed by atoms with Crippen molar-refractivity contribution in [1.82, 2.24) is 30.0 Å². The highest BCUT2D eigenvalue weighted by atomic mass is 16.5. The predicted molar refractivity (Wildman–Crippen MR) is 124 cm³/mol. The number of carbonyl (C=O) groups excluding carboxylic acids is 1. The Bertz CT molecular complexity index is 748. The molecular formula is C22H36N8O2. The molecule has 4 rings (SSSR count). The summed E-state index contributed by atoms with van der Waals surface area (Å²) in [5.74, 6) is 1.84. The fourth-order valence-corrected chi connectivity index (χ4v) is 4.63. The lowest BCUT2D eigenvalue weighted by Crippen LogP contribution is -2.49. The molecule has 176 valence electrons. The van der Waals surface area contributed by atoms with Gasteiger partial charge in [0.25, 0.3) is 0 Å². The monoisotopic (exact) mass is 444 g/mol. The van der Waals surface area contributed by atoms with E-state index in [1.54, 1.807) is 12.4 Å². The number of likely N-dealkylation sites (tertiary alicyclic amines) is 1. The molecule has 1 unspecified atom stereocenters. The number of nitrogens with one attached hydrogen (secondary N) is 1. The average molecular weight is 445 g/mol. The first kappa shape index (κ1) is 22.7. The second-order valence-electron chi connectivity index (χ2n) is 8.44. The van der Waals surface area contributed by atoms with E-state index >= 15 is 0 Å². The summed E-state index contributed by atoms with van der Waals surface area (Å²) in [5.41, 5.74) is 0. The highest BCUT2D eigenvalue weighted by molar-refractivity contribution is 5.81. The predicted octanol–water partition coefficient (Wildman–Crippen LogP) is -0.113. The topological polar surface area (TPSA) is 89.4 Å². The number of amides is 1. The molecule has 10 heteroatoms. The van der Waals surface area contributed by atoms with Crippen molar-refractivity contribution in [2.45, 2.75) is 25.8 Å². The van der Waals surface area contributed by atoms with Crippen LogP contribution in [0.1, 0.15) is 19.8 Å².